The summed E-state index contributed by atoms with van der Waals surface area (Å²) in [6.45, 7) is 4.58. The van der Waals surface area contributed by atoms with Gasteiger partial charge in [-0.1, -0.05) is 24.3 Å². The summed E-state index contributed by atoms with van der Waals surface area (Å²) in [6, 6.07) is 8.41. The highest BCUT2D eigenvalue weighted by atomic mass is 35.5. The second-order valence-electron chi connectivity index (χ2n) is 3.94. The number of benzene rings is 1. The Balaban J connectivity index is 2.19. The van der Waals surface area contributed by atoms with Crippen molar-refractivity contribution in [1.29, 1.82) is 0 Å². The number of hydrogen-bond donors (Lipinski definition) is 1. The van der Waals surface area contributed by atoms with Crippen LogP contribution in [0.3, 0.4) is 0 Å². The van der Waals surface area contributed by atoms with Crippen LogP contribution >= 0.6 is 11.6 Å². The molecule has 0 fully saturated rings. The van der Waals surface area contributed by atoms with Crippen LogP contribution in [0.2, 0.25) is 0 Å². The average Bonchev–Trinajstić information content (AvgIpc) is 2.27. The molecule has 1 rings (SSSR count). The van der Waals surface area contributed by atoms with Gasteiger partial charge in [0.15, 0.2) is 0 Å². The fourth-order valence-corrected chi connectivity index (χ4v) is 1.79. The van der Waals surface area contributed by atoms with Gasteiger partial charge in [-0.2, -0.15) is 0 Å². The zero-order chi connectivity index (χ0) is 11.8. The van der Waals surface area contributed by atoms with Crippen LogP contribution < -0.4 is 5.32 Å². The number of alkyl halides is 1. The van der Waals surface area contributed by atoms with Gasteiger partial charge in [-0.3, -0.25) is 0 Å². The van der Waals surface area contributed by atoms with Crippen LogP contribution in [0.4, 0.5) is 0 Å². The van der Waals surface area contributed by atoms with E-state index in [0.29, 0.717) is 6.61 Å². The lowest BCUT2D eigenvalue weighted by atomic mass is 10.1. The standard InChI is InChI=1S/C13H20ClNO/c1-11-5-3-4-6-12(11)9-15-8-7-13(14)10-16-2/h3-6,13,15H,7-10H2,1-2H3. The molecule has 0 aromatic heterocycles. The number of rotatable bonds is 7. The Morgan fingerprint density at radius 2 is 2.12 bits per heavy atom. The van der Waals surface area contributed by atoms with Gasteiger partial charge in [0.1, 0.15) is 0 Å². The Hall–Kier alpha value is -0.570. The number of halogens is 1. The first kappa shape index (κ1) is 13.5. The summed E-state index contributed by atoms with van der Waals surface area (Å²) in [6.07, 6.45) is 0.932. The topological polar surface area (TPSA) is 21.3 Å². The van der Waals surface area contributed by atoms with E-state index in [0.717, 1.165) is 19.5 Å². The summed E-state index contributed by atoms with van der Waals surface area (Å²) in [7, 11) is 1.68. The minimum Gasteiger partial charge on any atom is -0.383 e. The summed E-state index contributed by atoms with van der Waals surface area (Å²) >= 11 is 6.03. The molecule has 1 atom stereocenters. The van der Waals surface area contributed by atoms with Crippen LogP contribution in [0.15, 0.2) is 24.3 Å². The quantitative estimate of drug-likeness (QED) is 0.586. The minimum absolute atomic E-state index is 0.106. The SMILES string of the molecule is COCC(Cl)CCNCc1ccccc1C. The first-order chi connectivity index (χ1) is 7.74. The molecule has 0 saturated heterocycles. The predicted molar refractivity (Wildman–Crippen MR) is 69.0 cm³/mol. The average molecular weight is 242 g/mol. The molecule has 0 amide bonds. The van der Waals surface area contributed by atoms with Crippen molar-refractivity contribution in [3.8, 4) is 0 Å². The van der Waals surface area contributed by atoms with E-state index >= 15 is 0 Å². The van der Waals surface area contributed by atoms with Crippen molar-refractivity contribution in [1.82, 2.24) is 5.32 Å². The maximum atomic E-state index is 6.03. The minimum atomic E-state index is 0.106. The van der Waals surface area contributed by atoms with Gasteiger partial charge in [0, 0.05) is 13.7 Å². The molecule has 0 spiro atoms. The van der Waals surface area contributed by atoms with Gasteiger partial charge in [-0.15, -0.1) is 11.6 Å². The Morgan fingerprint density at radius 1 is 1.38 bits per heavy atom. The Labute approximate surface area is 103 Å². The molecule has 0 radical (unpaired) electrons. The molecular weight excluding hydrogens is 222 g/mol. The third-order valence-electron chi connectivity index (χ3n) is 2.56. The normalized spacial score (nSPS) is 12.7. The van der Waals surface area contributed by atoms with E-state index in [4.69, 9.17) is 16.3 Å². The van der Waals surface area contributed by atoms with Gasteiger partial charge < -0.3 is 10.1 Å². The first-order valence-electron chi connectivity index (χ1n) is 5.62. The van der Waals surface area contributed by atoms with Gasteiger partial charge in [-0.25, -0.2) is 0 Å². The summed E-state index contributed by atoms with van der Waals surface area (Å²) in [5.74, 6) is 0. The number of hydrogen-bond acceptors (Lipinski definition) is 2. The van der Waals surface area contributed by atoms with Crippen LogP contribution in [0.1, 0.15) is 17.5 Å². The Kier molecular flexibility index (Phi) is 6.46. The van der Waals surface area contributed by atoms with Gasteiger partial charge >= 0.3 is 0 Å². The maximum Gasteiger partial charge on any atom is 0.0626 e. The van der Waals surface area contributed by atoms with Crippen molar-refractivity contribution in [2.45, 2.75) is 25.3 Å². The van der Waals surface area contributed by atoms with Crippen LogP contribution in [-0.4, -0.2) is 25.6 Å². The van der Waals surface area contributed by atoms with E-state index in [9.17, 15) is 0 Å². The van der Waals surface area contributed by atoms with Crippen LogP contribution in [0.25, 0.3) is 0 Å². The summed E-state index contributed by atoms with van der Waals surface area (Å²) in [4.78, 5) is 0. The molecule has 0 heterocycles. The van der Waals surface area contributed by atoms with E-state index in [1.54, 1.807) is 7.11 Å². The smallest absolute Gasteiger partial charge is 0.0626 e. The van der Waals surface area contributed by atoms with E-state index in [1.807, 2.05) is 0 Å². The third kappa shape index (κ3) is 4.97. The van der Waals surface area contributed by atoms with Crippen LogP contribution in [-0.2, 0) is 11.3 Å². The molecule has 0 aliphatic heterocycles. The van der Waals surface area contributed by atoms with Gasteiger partial charge in [0.05, 0.1) is 12.0 Å². The molecule has 2 nitrogen and oxygen atoms in total. The zero-order valence-corrected chi connectivity index (χ0v) is 10.8. The van der Waals surface area contributed by atoms with Crippen molar-refractivity contribution in [3.63, 3.8) is 0 Å². The molecule has 1 aromatic carbocycles. The van der Waals surface area contributed by atoms with Crippen molar-refractivity contribution < 1.29 is 4.74 Å². The molecule has 0 aliphatic carbocycles. The van der Waals surface area contributed by atoms with E-state index in [-0.39, 0.29) is 5.38 Å². The fourth-order valence-electron chi connectivity index (χ4n) is 1.55. The summed E-state index contributed by atoms with van der Waals surface area (Å²) < 4.78 is 4.98. The molecule has 1 aromatic rings. The predicted octanol–water partition coefficient (Wildman–Crippen LogP) is 2.73. The van der Waals surface area contributed by atoms with Crippen molar-refractivity contribution in [2.24, 2.45) is 0 Å². The molecule has 1 N–H and O–H groups in total. The molecule has 90 valence electrons. The lowest BCUT2D eigenvalue weighted by Crippen LogP contribution is -2.20. The molecule has 1 unspecified atom stereocenters. The second kappa shape index (κ2) is 7.66. The molecule has 16 heavy (non-hydrogen) atoms. The zero-order valence-electron chi connectivity index (χ0n) is 10.0. The monoisotopic (exact) mass is 241 g/mol. The Morgan fingerprint density at radius 3 is 2.81 bits per heavy atom. The molecular formula is C13H20ClNO. The molecule has 3 heteroatoms. The highest BCUT2D eigenvalue weighted by molar-refractivity contribution is 6.20. The number of methoxy groups -OCH3 is 1. The van der Waals surface area contributed by atoms with E-state index in [1.165, 1.54) is 11.1 Å². The molecule has 0 saturated carbocycles. The largest absolute Gasteiger partial charge is 0.383 e. The first-order valence-corrected chi connectivity index (χ1v) is 6.06. The number of aryl methyl sites for hydroxylation is 1. The van der Waals surface area contributed by atoms with Crippen LogP contribution in [0.5, 0.6) is 0 Å². The van der Waals surface area contributed by atoms with Gasteiger partial charge in [0.25, 0.3) is 0 Å². The summed E-state index contributed by atoms with van der Waals surface area (Å²) in [5.41, 5.74) is 2.68. The fraction of sp³-hybridized carbons (Fsp3) is 0.538. The lowest BCUT2D eigenvalue weighted by molar-refractivity contribution is 0.195. The third-order valence-corrected chi connectivity index (χ3v) is 2.90. The van der Waals surface area contributed by atoms with E-state index in [2.05, 4.69) is 36.5 Å². The van der Waals surface area contributed by atoms with Gasteiger partial charge in [0.2, 0.25) is 0 Å². The number of ether oxygens (including phenoxy) is 1. The van der Waals surface area contributed by atoms with Gasteiger partial charge in [-0.05, 0) is 31.0 Å². The second-order valence-corrected chi connectivity index (χ2v) is 4.56. The van der Waals surface area contributed by atoms with Crippen molar-refractivity contribution in [3.05, 3.63) is 35.4 Å². The molecule has 0 bridgehead atoms. The molecule has 0 aliphatic rings. The van der Waals surface area contributed by atoms with E-state index < -0.39 is 0 Å². The Bertz CT molecular complexity index is 304. The lowest BCUT2D eigenvalue weighted by Gasteiger charge is -2.10. The number of nitrogens with one attached hydrogen (secondary N) is 1. The van der Waals surface area contributed by atoms with Crippen molar-refractivity contribution >= 4 is 11.6 Å². The highest BCUT2D eigenvalue weighted by Gasteiger charge is 2.03. The highest BCUT2D eigenvalue weighted by Crippen LogP contribution is 2.06. The van der Waals surface area contributed by atoms with Crippen molar-refractivity contribution in [2.75, 3.05) is 20.3 Å². The maximum absolute atomic E-state index is 6.03. The van der Waals surface area contributed by atoms with Crippen LogP contribution in [0, 0.1) is 6.92 Å². The summed E-state index contributed by atoms with van der Waals surface area (Å²) in [5, 5.41) is 3.50.